The summed E-state index contributed by atoms with van der Waals surface area (Å²) < 4.78 is 0. The minimum absolute atomic E-state index is 0.825. The quantitative estimate of drug-likeness (QED) is 0.691. The Morgan fingerprint density at radius 2 is 1.67 bits per heavy atom. The molecule has 0 unspecified atom stereocenters. The third-order valence-corrected chi connectivity index (χ3v) is 4.23. The Morgan fingerprint density at radius 3 is 2.40 bits per heavy atom. The Hall–Kier alpha value is -1.31. The topological polar surface area (TPSA) is 28.7 Å². The summed E-state index contributed by atoms with van der Waals surface area (Å²) in [6, 6.07) is 4.66. The van der Waals surface area contributed by atoms with Crippen LogP contribution in [0.25, 0.3) is 11.0 Å². The van der Waals surface area contributed by atoms with Crippen LogP contribution in [0.2, 0.25) is 0 Å². The maximum Gasteiger partial charge on any atom is 0.0931 e. The van der Waals surface area contributed by atoms with Gasteiger partial charge in [0.25, 0.3) is 0 Å². The van der Waals surface area contributed by atoms with Gasteiger partial charge in [0, 0.05) is 0 Å². The SMILES string of the molecule is c1nc2cc3c(cc2[nH]1)C1CCC3CC1. The van der Waals surface area contributed by atoms with Crippen molar-refractivity contribution in [2.75, 3.05) is 0 Å². The third-order valence-electron chi connectivity index (χ3n) is 4.23. The molecule has 76 valence electrons. The summed E-state index contributed by atoms with van der Waals surface area (Å²) in [4.78, 5) is 7.57. The van der Waals surface area contributed by atoms with Crippen LogP contribution in [-0.4, -0.2) is 9.97 Å². The van der Waals surface area contributed by atoms with E-state index in [9.17, 15) is 0 Å². The molecule has 5 rings (SSSR count). The normalized spacial score (nSPS) is 28.3. The molecule has 1 aromatic carbocycles. The average molecular weight is 198 g/mol. The molecular formula is C13H14N2. The van der Waals surface area contributed by atoms with Gasteiger partial charge >= 0.3 is 0 Å². The molecule has 0 amide bonds. The van der Waals surface area contributed by atoms with E-state index < -0.39 is 0 Å². The van der Waals surface area contributed by atoms with Crippen LogP contribution in [0.1, 0.15) is 48.6 Å². The van der Waals surface area contributed by atoms with Crippen molar-refractivity contribution < 1.29 is 0 Å². The molecule has 2 bridgehead atoms. The fraction of sp³-hybridized carbons (Fsp3) is 0.462. The van der Waals surface area contributed by atoms with E-state index in [2.05, 4.69) is 22.1 Å². The second-order valence-electron chi connectivity index (χ2n) is 4.95. The van der Waals surface area contributed by atoms with Gasteiger partial charge in [-0.2, -0.15) is 0 Å². The number of H-pyrrole nitrogens is 1. The van der Waals surface area contributed by atoms with Gasteiger partial charge in [0.05, 0.1) is 17.4 Å². The van der Waals surface area contributed by atoms with Gasteiger partial charge in [0.15, 0.2) is 0 Å². The van der Waals surface area contributed by atoms with Gasteiger partial charge in [-0.15, -0.1) is 0 Å². The maximum absolute atomic E-state index is 4.35. The van der Waals surface area contributed by atoms with E-state index in [1.165, 1.54) is 31.2 Å². The Bertz CT molecular complexity index is 472. The third kappa shape index (κ3) is 0.969. The van der Waals surface area contributed by atoms with E-state index >= 15 is 0 Å². The number of hydrogen-bond donors (Lipinski definition) is 1. The Morgan fingerprint density at radius 1 is 1.00 bits per heavy atom. The first-order valence-electron chi connectivity index (χ1n) is 5.89. The lowest BCUT2D eigenvalue weighted by Gasteiger charge is -2.38. The average Bonchev–Trinajstić information content (AvgIpc) is 2.75. The van der Waals surface area contributed by atoms with E-state index in [-0.39, 0.29) is 0 Å². The first-order valence-corrected chi connectivity index (χ1v) is 5.89. The number of aromatic nitrogens is 2. The molecule has 1 N–H and O–H groups in total. The number of fused-ring (bicyclic) bond motifs is 3. The molecule has 2 heteroatoms. The van der Waals surface area contributed by atoms with Crippen molar-refractivity contribution in [2.45, 2.75) is 37.5 Å². The lowest BCUT2D eigenvalue weighted by Crippen LogP contribution is -2.21. The minimum atomic E-state index is 0.825. The summed E-state index contributed by atoms with van der Waals surface area (Å²) in [6.07, 6.45) is 7.40. The monoisotopic (exact) mass is 198 g/mol. The summed E-state index contributed by atoms with van der Waals surface area (Å²) in [7, 11) is 0. The highest BCUT2D eigenvalue weighted by atomic mass is 14.9. The van der Waals surface area contributed by atoms with Crippen molar-refractivity contribution in [3.8, 4) is 0 Å². The summed E-state index contributed by atoms with van der Waals surface area (Å²) in [5, 5.41) is 0. The number of aromatic amines is 1. The highest BCUT2D eigenvalue weighted by Crippen LogP contribution is 2.49. The van der Waals surface area contributed by atoms with Crippen LogP contribution in [0, 0.1) is 0 Å². The lowest BCUT2D eigenvalue weighted by molar-refractivity contribution is 0.359. The van der Waals surface area contributed by atoms with Crippen molar-refractivity contribution >= 4 is 11.0 Å². The second-order valence-corrected chi connectivity index (χ2v) is 4.95. The van der Waals surface area contributed by atoms with Crippen molar-refractivity contribution in [3.05, 3.63) is 29.6 Å². The Kier molecular flexibility index (Phi) is 1.39. The highest BCUT2D eigenvalue weighted by molar-refractivity contribution is 5.77. The summed E-state index contributed by atoms with van der Waals surface area (Å²) in [6.45, 7) is 0. The Labute approximate surface area is 88.7 Å². The van der Waals surface area contributed by atoms with Crippen molar-refractivity contribution in [1.29, 1.82) is 0 Å². The standard InChI is InChI=1S/C13H14N2/c1-2-9-4-3-8(1)10-5-12-13(6-11(9)10)15-7-14-12/h5-9H,1-4H2,(H,14,15). The second kappa shape index (κ2) is 2.63. The summed E-state index contributed by atoms with van der Waals surface area (Å²) >= 11 is 0. The predicted molar refractivity (Wildman–Crippen MR) is 60.0 cm³/mol. The molecule has 2 aromatic rings. The van der Waals surface area contributed by atoms with Gasteiger partial charge in [-0.25, -0.2) is 4.98 Å². The molecule has 0 saturated heterocycles. The van der Waals surface area contributed by atoms with Crippen LogP contribution in [0.4, 0.5) is 0 Å². The van der Waals surface area contributed by atoms with Crippen molar-refractivity contribution in [2.24, 2.45) is 0 Å². The summed E-state index contributed by atoms with van der Waals surface area (Å²) in [5.74, 6) is 1.66. The van der Waals surface area contributed by atoms with E-state index in [0.29, 0.717) is 0 Å². The van der Waals surface area contributed by atoms with Gasteiger partial charge in [-0.3, -0.25) is 0 Å². The van der Waals surface area contributed by atoms with Gasteiger partial charge in [0.1, 0.15) is 0 Å². The molecule has 1 aromatic heterocycles. The Balaban J connectivity index is 2.05. The largest absolute Gasteiger partial charge is 0.345 e. The number of nitrogens with one attached hydrogen (secondary N) is 1. The van der Waals surface area contributed by atoms with Crippen LogP contribution >= 0.6 is 0 Å². The number of benzene rings is 1. The van der Waals surface area contributed by atoms with Crippen LogP contribution in [0.15, 0.2) is 18.5 Å². The molecular weight excluding hydrogens is 184 g/mol. The molecule has 15 heavy (non-hydrogen) atoms. The molecule has 0 aliphatic heterocycles. The number of imidazole rings is 1. The molecule has 1 saturated carbocycles. The molecule has 3 aliphatic carbocycles. The van der Waals surface area contributed by atoms with Crippen molar-refractivity contribution in [3.63, 3.8) is 0 Å². The molecule has 2 nitrogen and oxygen atoms in total. The maximum atomic E-state index is 4.35. The molecule has 1 fully saturated rings. The zero-order valence-corrected chi connectivity index (χ0v) is 8.66. The van der Waals surface area contributed by atoms with Crippen LogP contribution in [0.3, 0.4) is 0 Å². The van der Waals surface area contributed by atoms with Gasteiger partial charge < -0.3 is 4.98 Å². The molecule has 0 atom stereocenters. The smallest absolute Gasteiger partial charge is 0.0931 e. The van der Waals surface area contributed by atoms with Crippen LogP contribution < -0.4 is 0 Å². The molecule has 3 aliphatic rings. The molecule has 0 radical (unpaired) electrons. The highest BCUT2D eigenvalue weighted by Gasteiger charge is 2.33. The first kappa shape index (κ1) is 7.91. The van der Waals surface area contributed by atoms with E-state index in [1.807, 2.05) is 0 Å². The fourth-order valence-electron chi connectivity index (χ4n) is 3.44. The first-order chi connectivity index (χ1) is 7.42. The number of nitrogens with zero attached hydrogens (tertiary/aromatic N) is 1. The van der Waals surface area contributed by atoms with Gasteiger partial charge in [-0.1, -0.05) is 0 Å². The van der Waals surface area contributed by atoms with Gasteiger partial charge in [0.2, 0.25) is 0 Å². The zero-order chi connectivity index (χ0) is 9.83. The van der Waals surface area contributed by atoms with E-state index in [4.69, 9.17) is 0 Å². The fourth-order valence-corrected chi connectivity index (χ4v) is 3.44. The van der Waals surface area contributed by atoms with Gasteiger partial charge in [-0.05, 0) is 60.8 Å². The molecule has 0 spiro atoms. The predicted octanol–water partition coefficient (Wildman–Crippen LogP) is 3.32. The minimum Gasteiger partial charge on any atom is -0.345 e. The van der Waals surface area contributed by atoms with Crippen LogP contribution in [0.5, 0.6) is 0 Å². The van der Waals surface area contributed by atoms with E-state index in [1.54, 1.807) is 17.5 Å². The molecule has 1 heterocycles. The zero-order valence-electron chi connectivity index (χ0n) is 8.66. The van der Waals surface area contributed by atoms with Crippen molar-refractivity contribution in [1.82, 2.24) is 9.97 Å². The van der Waals surface area contributed by atoms with Crippen LogP contribution in [-0.2, 0) is 0 Å². The lowest BCUT2D eigenvalue weighted by atomic mass is 9.67. The van der Waals surface area contributed by atoms with E-state index in [0.717, 1.165) is 17.4 Å². The summed E-state index contributed by atoms with van der Waals surface area (Å²) in [5.41, 5.74) is 5.55. The number of rotatable bonds is 0. The number of hydrogen-bond acceptors (Lipinski definition) is 1.